The summed E-state index contributed by atoms with van der Waals surface area (Å²) in [5.74, 6) is -0.426. The lowest BCUT2D eigenvalue weighted by atomic mass is 9.84. The molecule has 0 bridgehead atoms. The fourth-order valence-corrected chi connectivity index (χ4v) is 7.31. The van der Waals surface area contributed by atoms with Gasteiger partial charge in [0.1, 0.15) is 16.7 Å². The maximum absolute atomic E-state index is 13.5. The van der Waals surface area contributed by atoms with Crippen molar-refractivity contribution in [2.45, 2.75) is 75.4 Å². The standard InChI is InChI=1S/C27H36N4O6S2/c1-2-37-23-13-16-38-25(23)27(34)30-21(17-19-9-4-3-5-10-19)26(33)29-20-11-8-15-31(18-22(20)32)39(35,36)24-12-6-7-14-28-24/h6-7,12-14,16,19-21H,2-5,8-11,15,17-18H2,1H3,(H,29,33)(H,30,34)/t20-,21+/m1/s1. The number of nitrogens with zero attached hydrogens (tertiary/aromatic N) is 2. The predicted octanol–water partition coefficient (Wildman–Crippen LogP) is 3.15. The van der Waals surface area contributed by atoms with Gasteiger partial charge in [-0.15, -0.1) is 11.3 Å². The lowest BCUT2D eigenvalue weighted by Crippen LogP contribution is -2.53. The summed E-state index contributed by atoms with van der Waals surface area (Å²) in [5, 5.41) is 7.38. The number of aromatic nitrogens is 1. The molecule has 10 nitrogen and oxygen atoms in total. The number of hydrogen-bond acceptors (Lipinski definition) is 8. The van der Waals surface area contributed by atoms with Gasteiger partial charge in [0.2, 0.25) is 5.91 Å². The van der Waals surface area contributed by atoms with Crippen LogP contribution in [0.2, 0.25) is 0 Å². The lowest BCUT2D eigenvalue weighted by Gasteiger charge is -2.28. The van der Waals surface area contributed by atoms with Gasteiger partial charge in [0.05, 0.1) is 19.2 Å². The molecule has 2 aromatic rings. The minimum Gasteiger partial charge on any atom is -0.492 e. The minimum absolute atomic E-state index is 0.115. The van der Waals surface area contributed by atoms with Crippen LogP contribution in [0.3, 0.4) is 0 Å². The van der Waals surface area contributed by atoms with Crippen molar-refractivity contribution in [3.05, 3.63) is 40.7 Å². The van der Waals surface area contributed by atoms with Crippen LogP contribution in [0.1, 0.15) is 68.0 Å². The summed E-state index contributed by atoms with van der Waals surface area (Å²) in [6.07, 6.45) is 7.91. The van der Waals surface area contributed by atoms with E-state index < -0.39 is 28.0 Å². The van der Waals surface area contributed by atoms with Crippen LogP contribution >= 0.6 is 11.3 Å². The summed E-state index contributed by atoms with van der Waals surface area (Å²) in [4.78, 5) is 44.1. The van der Waals surface area contributed by atoms with E-state index in [1.165, 1.54) is 30.0 Å². The van der Waals surface area contributed by atoms with Crippen LogP contribution in [0, 0.1) is 5.92 Å². The van der Waals surface area contributed by atoms with Crippen LogP contribution in [-0.4, -0.2) is 67.1 Å². The molecule has 39 heavy (non-hydrogen) atoms. The van der Waals surface area contributed by atoms with Gasteiger partial charge in [-0.1, -0.05) is 38.2 Å². The predicted molar refractivity (Wildman–Crippen MR) is 147 cm³/mol. The minimum atomic E-state index is -3.93. The molecular formula is C27H36N4O6S2. The Labute approximate surface area is 233 Å². The molecule has 1 saturated carbocycles. The Kier molecular flexibility index (Phi) is 10.1. The molecule has 0 unspecified atom stereocenters. The van der Waals surface area contributed by atoms with E-state index in [1.54, 1.807) is 23.6 Å². The van der Waals surface area contributed by atoms with Crippen molar-refractivity contribution in [2.24, 2.45) is 5.92 Å². The van der Waals surface area contributed by atoms with Gasteiger partial charge >= 0.3 is 0 Å². The molecule has 2 atom stereocenters. The molecule has 2 aliphatic rings. The van der Waals surface area contributed by atoms with Gasteiger partial charge in [0.25, 0.3) is 15.9 Å². The lowest BCUT2D eigenvalue weighted by molar-refractivity contribution is -0.129. The molecule has 0 spiro atoms. The van der Waals surface area contributed by atoms with Crippen molar-refractivity contribution in [1.82, 2.24) is 19.9 Å². The highest BCUT2D eigenvalue weighted by atomic mass is 32.2. The Morgan fingerprint density at radius 2 is 1.95 bits per heavy atom. The zero-order chi connectivity index (χ0) is 27.8. The Bertz CT molecular complexity index is 1240. The summed E-state index contributed by atoms with van der Waals surface area (Å²) >= 11 is 1.25. The van der Waals surface area contributed by atoms with E-state index in [0.717, 1.165) is 30.0 Å². The Morgan fingerprint density at radius 1 is 1.15 bits per heavy atom. The molecule has 2 aromatic heterocycles. The average Bonchev–Trinajstić information content (AvgIpc) is 3.32. The summed E-state index contributed by atoms with van der Waals surface area (Å²) in [6, 6.07) is 4.67. The summed E-state index contributed by atoms with van der Waals surface area (Å²) < 4.78 is 32.7. The largest absolute Gasteiger partial charge is 0.492 e. The first-order chi connectivity index (χ1) is 18.8. The van der Waals surface area contributed by atoms with Crippen molar-refractivity contribution >= 4 is 39.0 Å². The topological polar surface area (TPSA) is 135 Å². The Balaban J connectivity index is 1.45. The second-order valence-electron chi connectivity index (χ2n) is 9.99. The number of Topliss-reactive ketones (excluding diaryl/α,β-unsaturated/α-hetero) is 1. The van der Waals surface area contributed by atoms with Gasteiger partial charge in [-0.05, 0) is 55.7 Å². The Morgan fingerprint density at radius 3 is 2.67 bits per heavy atom. The van der Waals surface area contributed by atoms with Crippen molar-refractivity contribution in [1.29, 1.82) is 0 Å². The fourth-order valence-electron chi connectivity index (χ4n) is 5.20. The molecule has 1 saturated heterocycles. The third-order valence-corrected chi connectivity index (χ3v) is 9.89. The summed E-state index contributed by atoms with van der Waals surface area (Å²) in [7, 11) is -3.93. The molecular weight excluding hydrogens is 540 g/mol. The quantitative estimate of drug-likeness (QED) is 0.444. The van der Waals surface area contributed by atoms with Crippen LogP contribution < -0.4 is 15.4 Å². The van der Waals surface area contributed by atoms with E-state index in [-0.39, 0.29) is 29.8 Å². The molecule has 12 heteroatoms. The molecule has 3 heterocycles. The normalized spacial score (nSPS) is 20.1. The van der Waals surface area contributed by atoms with Crippen molar-refractivity contribution < 1.29 is 27.5 Å². The number of nitrogens with one attached hydrogen (secondary N) is 2. The third-order valence-electron chi connectivity index (χ3n) is 7.23. The van der Waals surface area contributed by atoms with Gasteiger partial charge in [-0.25, -0.2) is 13.4 Å². The second kappa shape index (κ2) is 13.5. The first kappa shape index (κ1) is 29.2. The molecule has 0 aromatic carbocycles. The van der Waals surface area contributed by atoms with Crippen LogP contribution in [0.15, 0.2) is 40.9 Å². The van der Waals surface area contributed by atoms with Gasteiger partial charge in [0.15, 0.2) is 10.8 Å². The van der Waals surface area contributed by atoms with E-state index in [0.29, 0.717) is 42.4 Å². The zero-order valence-corrected chi connectivity index (χ0v) is 23.8. The van der Waals surface area contributed by atoms with Crippen molar-refractivity contribution in [3.63, 3.8) is 0 Å². The fraction of sp³-hybridized carbons (Fsp3) is 0.556. The molecule has 212 valence electrons. The molecule has 1 aliphatic heterocycles. The van der Waals surface area contributed by atoms with Gasteiger partial charge in [-0.3, -0.25) is 14.4 Å². The molecule has 2 fully saturated rings. The monoisotopic (exact) mass is 576 g/mol. The number of amides is 2. The molecule has 0 radical (unpaired) electrons. The van der Waals surface area contributed by atoms with Crippen molar-refractivity contribution in [3.8, 4) is 5.75 Å². The number of rotatable bonds is 10. The van der Waals surface area contributed by atoms with E-state index >= 15 is 0 Å². The number of carbonyl (C=O) groups excluding carboxylic acids is 3. The maximum atomic E-state index is 13.5. The number of thiophene rings is 1. The first-order valence-electron chi connectivity index (χ1n) is 13.5. The molecule has 1 aliphatic carbocycles. The highest BCUT2D eigenvalue weighted by Crippen LogP contribution is 2.29. The number of sulfonamides is 1. The molecule has 2 amide bonds. The Hall–Kier alpha value is -2.83. The third kappa shape index (κ3) is 7.43. The van der Waals surface area contributed by atoms with Crippen LogP contribution in [0.4, 0.5) is 0 Å². The number of ether oxygens (including phenoxy) is 1. The van der Waals surface area contributed by atoms with Gasteiger partial charge in [0, 0.05) is 12.7 Å². The van der Waals surface area contributed by atoms with Gasteiger partial charge < -0.3 is 15.4 Å². The van der Waals surface area contributed by atoms with E-state index in [2.05, 4.69) is 15.6 Å². The molecule has 4 rings (SSSR count). The van der Waals surface area contributed by atoms with Crippen molar-refractivity contribution in [2.75, 3.05) is 19.7 Å². The highest BCUT2D eigenvalue weighted by Gasteiger charge is 2.35. The van der Waals surface area contributed by atoms with Crippen LogP contribution in [-0.2, 0) is 19.6 Å². The van der Waals surface area contributed by atoms with E-state index in [1.807, 2.05) is 6.92 Å². The summed E-state index contributed by atoms with van der Waals surface area (Å²) in [6.45, 7) is 2.05. The average molecular weight is 577 g/mol. The highest BCUT2D eigenvalue weighted by molar-refractivity contribution is 7.89. The maximum Gasteiger partial charge on any atom is 0.265 e. The summed E-state index contributed by atoms with van der Waals surface area (Å²) in [5.41, 5.74) is 0. The van der Waals surface area contributed by atoms with E-state index in [4.69, 9.17) is 4.74 Å². The smallest absolute Gasteiger partial charge is 0.265 e. The number of ketones is 1. The van der Waals surface area contributed by atoms with Gasteiger partial charge in [-0.2, -0.15) is 4.31 Å². The van der Waals surface area contributed by atoms with Crippen LogP contribution in [0.25, 0.3) is 0 Å². The second-order valence-corrected chi connectivity index (χ2v) is 12.8. The number of hydrogen-bond donors (Lipinski definition) is 2. The number of pyridine rings is 1. The first-order valence-corrected chi connectivity index (χ1v) is 15.9. The molecule has 2 N–H and O–H groups in total. The van der Waals surface area contributed by atoms with Crippen LogP contribution in [0.5, 0.6) is 5.75 Å². The number of carbonyl (C=O) groups is 3. The van der Waals surface area contributed by atoms with E-state index in [9.17, 15) is 22.8 Å². The zero-order valence-electron chi connectivity index (χ0n) is 22.1. The SMILES string of the molecule is CCOc1ccsc1C(=O)N[C@@H](CC1CCCCC1)C(=O)N[C@@H]1CCCN(S(=O)(=O)c2ccccn2)CC1=O.